The van der Waals surface area contributed by atoms with Crippen molar-refractivity contribution in [3.63, 3.8) is 0 Å². The Morgan fingerprint density at radius 1 is 1.03 bits per heavy atom. The molecule has 0 saturated heterocycles. The van der Waals surface area contributed by atoms with Crippen LogP contribution >= 0.6 is 11.3 Å². The molecular weight excluding hydrogens is 426 g/mol. The molecule has 0 amide bonds. The predicted molar refractivity (Wildman–Crippen MR) is 131 cm³/mol. The molecule has 0 bridgehead atoms. The summed E-state index contributed by atoms with van der Waals surface area (Å²) in [6, 6.07) is 14.8. The molecule has 5 nitrogen and oxygen atoms in total. The van der Waals surface area contributed by atoms with Crippen molar-refractivity contribution in [2.45, 2.75) is 57.2 Å². The predicted octanol–water partition coefficient (Wildman–Crippen LogP) is 5.65. The molecule has 31 heavy (non-hydrogen) atoms. The van der Waals surface area contributed by atoms with Gasteiger partial charge in [-0.3, -0.25) is 0 Å². The zero-order chi connectivity index (χ0) is 22.1. The number of aromatic nitrogens is 1. The lowest BCUT2D eigenvalue weighted by atomic mass is 9.86. The normalized spacial score (nSPS) is 20.1. The van der Waals surface area contributed by atoms with Crippen LogP contribution in [0.4, 0.5) is 5.13 Å². The van der Waals surface area contributed by atoms with E-state index in [-0.39, 0.29) is 6.04 Å². The Hall–Kier alpha value is -1.96. The fourth-order valence-corrected chi connectivity index (χ4v) is 5.79. The lowest BCUT2D eigenvalue weighted by molar-refractivity contribution is 0.322. The summed E-state index contributed by atoms with van der Waals surface area (Å²) in [6.07, 6.45) is 3.82. The minimum Gasteiger partial charge on any atom is -0.361 e. The third-order valence-corrected chi connectivity index (χ3v) is 9.14. The number of nitrogens with zero attached hydrogens (tertiary/aromatic N) is 1. The summed E-state index contributed by atoms with van der Waals surface area (Å²) in [5.74, 6) is 0.542. The molecule has 0 atom stereocenters. The third-order valence-electron chi connectivity index (χ3n) is 6.09. The van der Waals surface area contributed by atoms with Crippen LogP contribution in [-0.2, 0) is 10.0 Å². The van der Waals surface area contributed by atoms with E-state index in [4.69, 9.17) is 4.98 Å². The highest BCUT2D eigenvalue weighted by Crippen LogP contribution is 2.32. The summed E-state index contributed by atoms with van der Waals surface area (Å²) in [5, 5.41) is 9.01. The molecule has 2 N–H and O–H groups in total. The van der Waals surface area contributed by atoms with Crippen LogP contribution < -0.4 is 10.0 Å². The van der Waals surface area contributed by atoms with Crippen LogP contribution in [0, 0.1) is 5.92 Å². The number of hydrogen-bond acceptors (Lipinski definition) is 5. The van der Waals surface area contributed by atoms with Crippen LogP contribution in [0.15, 0.2) is 47.8 Å². The van der Waals surface area contributed by atoms with Crippen LogP contribution in [0.3, 0.4) is 0 Å². The van der Waals surface area contributed by atoms with E-state index in [1.165, 1.54) is 10.8 Å². The molecule has 1 saturated carbocycles. The van der Waals surface area contributed by atoms with Gasteiger partial charge in [-0.05, 0) is 63.1 Å². The first-order chi connectivity index (χ1) is 14.7. The van der Waals surface area contributed by atoms with Crippen molar-refractivity contribution in [1.82, 2.24) is 9.71 Å². The minimum absolute atomic E-state index is 0.0540. The molecule has 4 rings (SSSR count). The zero-order valence-corrected chi connectivity index (χ0v) is 20.0. The van der Waals surface area contributed by atoms with Crippen LogP contribution in [0.25, 0.3) is 22.0 Å². The first-order valence-electron chi connectivity index (χ1n) is 10.9. The van der Waals surface area contributed by atoms with Gasteiger partial charge in [0.15, 0.2) is 5.13 Å². The summed E-state index contributed by atoms with van der Waals surface area (Å²) in [4.78, 5) is 4.82. The van der Waals surface area contributed by atoms with Crippen molar-refractivity contribution in [2.24, 2.45) is 5.92 Å². The van der Waals surface area contributed by atoms with Crippen molar-refractivity contribution in [1.29, 1.82) is 0 Å². The average molecular weight is 458 g/mol. The Labute approximate surface area is 189 Å². The highest BCUT2D eigenvalue weighted by molar-refractivity contribution is 7.90. The highest BCUT2D eigenvalue weighted by Gasteiger charge is 2.32. The lowest BCUT2D eigenvalue weighted by Crippen LogP contribution is -2.46. The summed E-state index contributed by atoms with van der Waals surface area (Å²) in [6.45, 7) is 6.10. The smallest absolute Gasteiger partial charge is 0.216 e. The van der Waals surface area contributed by atoms with E-state index in [0.717, 1.165) is 48.6 Å². The Bertz CT molecular complexity index is 1140. The molecule has 1 aliphatic rings. The van der Waals surface area contributed by atoms with Crippen LogP contribution in [0.1, 0.15) is 46.5 Å². The van der Waals surface area contributed by atoms with E-state index < -0.39 is 14.8 Å². The molecule has 1 fully saturated rings. The first kappa shape index (κ1) is 22.2. The molecule has 2 aromatic carbocycles. The van der Waals surface area contributed by atoms with Gasteiger partial charge in [0.1, 0.15) is 0 Å². The first-order valence-corrected chi connectivity index (χ1v) is 13.3. The number of benzene rings is 2. The van der Waals surface area contributed by atoms with Crippen LogP contribution in [0.5, 0.6) is 0 Å². The van der Waals surface area contributed by atoms with Crippen molar-refractivity contribution in [3.8, 4) is 11.3 Å². The van der Waals surface area contributed by atoms with Gasteiger partial charge in [-0.15, -0.1) is 11.3 Å². The molecule has 0 aliphatic heterocycles. The highest BCUT2D eigenvalue weighted by atomic mass is 32.2. The second-order valence-electron chi connectivity index (χ2n) is 9.40. The van der Waals surface area contributed by atoms with E-state index in [9.17, 15) is 8.42 Å². The van der Waals surface area contributed by atoms with Gasteiger partial charge in [-0.2, -0.15) is 0 Å². The van der Waals surface area contributed by atoms with Gasteiger partial charge in [0.25, 0.3) is 0 Å². The van der Waals surface area contributed by atoms with E-state index in [0.29, 0.717) is 5.92 Å². The van der Waals surface area contributed by atoms with E-state index in [2.05, 4.69) is 57.9 Å². The second-order valence-corrected chi connectivity index (χ2v) is 12.7. The number of hydrogen-bond donors (Lipinski definition) is 2. The van der Waals surface area contributed by atoms with Gasteiger partial charge >= 0.3 is 0 Å². The quantitative estimate of drug-likeness (QED) is 0.502. The Morgan fingerprint density at radius 2 is 1.74 bits per heavy atom. The Kier molecular flexibility index (Phi) is 6.37. The molecule has 0 unspecified atom stereocenters. The fourth-order valence-electron chi connectivity index (χ4n) is 4.04. The van der Waals surface area contributed by atoms with Gasteiger partial charge in [-0.25, -0.2) is 18.1 Å². The largest absolute Gasteiger partial charge is 0.361 e. The van der Waals surface area contributed by atoms with Gasteiger partial charge in [0.05, 0.1) is 10.4 Å². The van der Waals surface area contributed by atoms with Crippen LogP contribution in [-0.4, -0.2) is 30.7 Å². The van der Waals surface area contributed by atoms with E-state index in [1.54, 1.807) is 32.1 Å². The van der Waals surface area contributed by atoms with Gasteiger partial charge in [0, 0.05) is 23.5 Å². The molecule has 166 valence electrons. The summed E-state index contributed by atoms with van der Waals surface area (Å²) >= 11 is 1.64. The summed E-state index contributed by atoms with van der Waals surface area (Å²) in [5.41, 5.74) is 2.17. The maximum Gasteiger partial charge on any atom is 0.216 e. The lowest BCUT2D eigenvalue weighted by Gasteiger charge is -2.31. The van der Waals surface area contributed by atoms with Crippen molar-refractivity contribution < 1.29 is 8.42 Å². The van der Waals surface area contributed by atoms with E-state index in [1.807, 2.05) is 0 Å². The van der Waals surface area contributed by atoms with E-state index >= 15 is 0 Å². The molecule has 3 aromatic rings. The molecule has 1 heterocycles. The molecule has 1 aromatic heterocycles. The maximum atomic E-state index is 12.4. The fraction of sp³-hybridized carbons (Fsp3) is 0.458. The van der Waals surface area contributed by atoms with Crippen molar-refractivity contribution >= 4 is 37.3 Å². The van der Waals surface area contributed by atoms with Crippen LogP contribution in [0.2, 0.25) is 0 Å². The number of nitrogens with one attached hydrogen (secondary N) is 2. The standard InChI is InChI=1S/C24H31N3O2S2/c1-24(2,3)31(28,29)27-19-13-11-17(12-14-19)15-25-23-26-22(16-30-23)21-10-6-8-18-7-4-5-9-20(18)21/h4-10,16-17,19,27H,11-15H2,1-3H3,(H,25,26). The molecular formula is C24H31N3O2S2. The molecule has 1 aliphatic carbocycles. The Balaban J connectivity index is 1.32. The minimum atomic E-state index is -3.28. The Morgan fingerprint density at radius 3 is 2.48 bits per heavy atom. The second kappa shape index (κ2) is 8.88. The molecule has 0 radical (unpaired) electrons. The number of thiazole rings is 1. The average Bonchev–Trinajstić information content (AvgIpc) is 3.21. The number of anilines is 1. The molecule has 7 heteroatoms. The van der Waals surface area contributed by atoms with Gasteiger partial charge in [0.2, 0.25) is 10.0 Å². The van der Waals surface area contributed by atoms with Crippen molar-refractivity contribution in [2.75, 3.05) is 11.9 Å². The summed E-state index contributed by atoms with van der Waals surface area (Å²) < 4.78 is 26.9. The number of fused-ring (bicyclic) bond motifs is 1. The SMILES string of the molecule is CC(C)(C)S(=O)(=O)NC1CCC(CNc2nc(-c3cccc4ccccc34)cs2)CC1. The maximum absolute atomic E-state index is 12.4. The van der Waals surface area contributed by atoms with Gasteiger partial charge < -0.3 is 5.32 Å². The van der Waals surface area contributed by atoms with Gasteiger partial charge in [-0.1, -0.05) is 42.5 Å². The van der Waals surface area contributed by atoms with Crippen molar-refractivity contribution in [3.05, 3.63) is 47.8 Å². The number of rotatable bonds is 6. The molecule has 0 spiro atoms. The monoisotopic (exact) mass is 457 g/mol. The third kappa shape index (κ3) is 5.10. The topological polar surface area (TPSA) is 71.1 Å². The zero-order valence-electron chi connectivity index (χ0n) is 18.4. The number of sulfonamides is 1. The summed E-state index contributed by atoms with van der Waals surface area (Å²) in [7, 11) is -3.28.